The van der Waals surface area contributed by atoms with Gasteiger partial charge < -0.3 is 19.7 Å². The molecule has 1 N–H and O–H groups in total. The molecule has 0 bridgehead atoms. The number of amides is 2. The van der Waals surface area contributed by atoms with Gasteiger partial charge in [0.15, 0.2) is 0 Å². The van der Waals surface area contributed by atoms with E-state index in [2.05, 4.69) is 5.32 Å². The largest absolute Gasteiger partial charge is 0.496 e. The molecule has 0 spiro atoms. The molecule has 3 aromatic carbocycles. The summed E-state index contributed by atoms with van der Waals surface area (Å²) in [6.07, 6.45) is -4.56. The van der Waals surface area contributed by atoms with E-state index < -0.39 is 23.7 Å². The maximum Gasteiger partial charge on any atom is 0.416 e. The van der Waals surface area contributed by atoms with E-state index in [4.69, 9.17) is 9.47 Å². The second kappa shape index (κ2) is 13.2. The molecule has 9 heteroatoms. The van der Waals surface area contributed by atoms with Crippen molar-refractivity contribution in [3.63, 3.8) is 0 Å². The zero-order valence-corrected chi connectivity index (χ0v) is 22.5. The molecule has 0 unspecified atom stereocenters. The van der Waals surface area contributed by atoms with E-state index in [9.17, 15) is 22.8 Å². The number of urea groups is 1. The average molecular weight is 543 g/mol. The van der Waals surface area contributed by atoms with Crippen LogP contribution in [0.4, 0.5) is 18.0 Å². The first-order valence-corrected chi connectivity index (χ1v) is 12.7. The maximum absolute atomic E-state index is 13.7. The minimum absolute atomic E-state index is 0.00323. The van der Waals surface area contributed by atoms with E-state index in [-0.39, 0.29) is 32.7 Å². The highest BCUT2D eigenvalue weighted by Crippen LogP contribution is 2.38. The molecule has 0 aliphatic carbocycles. The molecule has 0 radical (unpaired) electrons. The first-order chi connectivity index (χ1) is 18.5. The van der Waals surface area contributed by atoms with Crippen molar-refractivity contribution in [2.45, 2.75) is 46.5 Å². The van der Waals surface area contributed by atoms with Gasteiger partial charge in [-0.1, -0.05) is 42.0 Å². The Kier molecular flexibility index (Phi) is 9.98. The second-order valence-corrected chi connectivity index (χ2v) is 9.05. The molecule has 3 rings (SSSR count). The van der Waals surface area contributed by atoms with Gasteiger partial charge in [0, 0.05) is 25.2 Å². The lowest BCUT2D eigenvalue weighted by Gasteiger charge is -2.24. The van der Waals surface area contributed by atoms with Gasteiger partial charge in [-0.25, -0.2) is 4.79 Å². The van der Waals surface area contributed by atoms with E-state index in [1.54, 1.807) is 32.0 Å². The first-order valence-electron chi connectivity index (χ1n) is 12.7. The highest BCUT2D eigenvalue weighted by atomic mass is 19.4. The summed E-state index contributed by atoms with van der Waals surface area (Å²) >= 11 is 0. The lowest BCUT2D eigenvalue weighted by atomic mass is 9.94. The standard InChI is InChI=1S/C30H33F3N2O4/c1-5-35(29(37)34-18-22-9-7-8-20(3)14-22)19-23-17-24(30(31,32)33)11-12-25(23)26-15-21(10-13-27(26)38-4)16-28(36)39-6-2/h7-15,17H,5-6,16,18-19H2,1-4H3,(H,34,37). The summed E-state index contributed by atoms with van der Waals surface area (Å²) in [6, 6.07) is 15.8. The third-order valence-corrected chi connectivity index (χ3v) is 6.20. The molecule has 0 aliphatic heterocycles. The van der Waals surface area contributed by atoms with Crippen LogP contribution in [0.5, 0.6) is 5.75 Å². The lowest BCUT2D eigenvalue weighted by molar-refractivity contribution is -0.142. The quantitative estimate of drug-likeness (QED) is 0.296. The van der Waals surface area contributed by atoms with E-state index in [1.165, 1.54) is 18.1 Å². The molecule has 208 valence electrons. The first kappa shape index (κ1) is 29.5. The fourth-order valence-corrected chi connectivity index (χ4v) is 4.26. The van der Waals surface area contributed by atoms with Gasteiger partial charge in [-0.05, 0) is 67.3 Å². The summed E-state index contributed by atoms with van der Waals surface area (Å²) in [5.41, 5.74) is 3.06. The van der Waals surface area contributed by atoms with Crippen molar-refractivity contribution < 1.29 is 32.2 Å². The number of nitrogens with one attached hydrogen (secondary N) is 1. The van der Waals surface area contributed by atoms with Crippen molar-refractivity contribution in [3.8, 4) is 16.9 Å². The van der Waals surface area contributed by atoms with Crippen molar-refractivity contribution in [1.29, 1.82) is 0 Å². The molecule has 3 aromatic rings. The zero-order chi connectivity index (χ0) is 28.6. The van der Waals surface area contributed by atoms with Gasteiger partial charge in [0.2, 0.25) is 0 Å². The Labute approximate surface area is 226 Å². The number of rotatable bonds is 10. The van der Waals surface area contributed by atoms with Crippen molar-refractivity contribution in [2.24, 2.45) is 0 Å². The number of nitrogens with zero attached hydrogens (tertiary/aromatic N) is 1. The van der Waals surface area contributed by atoms with Gasteiger partial charge in [0.1, 0.15) is 5.75 Å². The van der Waals surface area contributed by atoms with Crippen molar-refractivity contribution in [2.75, 3.05) is 20.3 Å². The normalized spacial score (nSPS) is 11.2. The number of ether oxygens (including phenoxy) is 2. The summed E-state index contributed by atoms with van der Waals surface area (Å²) in [6.45, 7) is 6.16. The molecule has 0 heterocycles. The summed E-state index contributed by atoms with van der Waals surface area (Å²) < 4.78 is 51.6. The number of hydrogen-bond donors (Lipinski definition) is 1. The number of alkyl halides is 3. The highest BCUT2D eigenvalue weighted by molar-refractivity contribution is 5.79. The monoisotopic (exact) mass is 542 g/mol. The molecule has 2 amide bonds. The maximum atomic E-state index is 13.7. The van der Waals surface area contributed by atoms with Gasteiger partial charge in [0.25, 0.3) is 0 Å². The lowest BCUT2D eigenvalue weighted by Crippen LogP contribution is -2.39. The summed E-state index contributed by atoms with van der Waals surface area (Å²) in [4.78, 5) is 26.5. The Bertz CT molecular complexity index is 1310. The van der Waals surface area contributed by atoms with Crippen LogP contribution in [-0.4, -0.2) is 37.2 Å². The number of hydrogen-bond acceptors (Lipinski definition) is 4. The number of esters is 1. The van der Waals surface area contributed by atoms with Crippen molar-refractivity contribution in [3.05, 3.63) is 88.5 Å². The van der Waals surface area contributed by atoms with E-state index in [0.29, 0.717) is 28.0 Å². The Hall–Kier alpha value is -4.01. The summed E-state index contributed by atoms with van der Waals surface area (Å²) in [5, 5.41) is 2.86. The molecule has 0 aromatic heterocycles. The van der Waals surface area contributed by atoms with Crippen LogP contribution in [0.25, 0.3) is 11.1 Å². The number of methoxy groups -OCH3 is 1. The predicted octanol–water partition coefficient (Wildman–Crippen LogP) is 6.53. The molecule has 39 heavy (non-hydrogen) atoms. The van der Waals surface area contributed by atoms with Gasteiger partial charge in [-0.3, -0.25) is 4.79 Å². The average Bonchev–Trinajstić information content (AvgIpc) is 2.90. The Morgan fingerprint density at radius 2 is 1.72 bits per heavy atom. The fraction of sp³-hybridized carbons (Fsp3) is 0.333. The topological polar surface area (TPSA) is 67.9 Å². The van der Waals surface area contributed by atoms with Crippen LogP contribution in [-0.2, 0) is 35.2 Å². The molecular formula is C30H33F3N2O4. The van der Waals surface area contributed by atoms with Crippen molar-refractivity contribution >= 4 is 12.0 Å². The molecule has 0 atom stereocenters. The summed E-state index contributed by atoms with van der Waals surface area (Å²) in [7, 11) is 1.46. The molecule has 0 fully saturated rings. The number of carbonyl (C=O) groups excluding carboxylic acids is 2. The van der Waals surface area contributed by atoms with Crippen LogP contribution >= 0.6 is 0 Å². The Morgan fingerprint density at radius 3 is 2.36 bits per heavy atom. The molecule has 6 nitrogen and oxygen atoms in total. The van der Waals surface area contributed by atoms with E-state index in [0.717, 1.165) is 23.3 Å². The second-order valence-electron chi connectivity index (χ2n) is 9.05. The Morgan fingerprint density at radius 1 is 0.949 bits per heavy atom. The fourth-order valence-electron chi connectivity index (χ4n) is 4.26. The van der Waals surface area contributed by atoms with E-state index in [1.807, 2.05) is 31.2 Å². The minimum atomic E-state index is -4.56. The van der Waals surface area contributed by atoms with Crippen LogP contribution in [0.15, 0.2) is 60.7 Å². The molecule has 0 aliphatic rings. The third-order valence-electron chi connectivity index (χ3n) is 6.20. The molecule has 0 saturated carbocycles. The van der Waals surface area contributed by atoms with Gasteiger partial charge >= 0.3 is 18.2 Å². The Balaban J connectivity index is 1.97. The van der Waals surface area contributed by atoms with Crippen LogP contribution in [0.2, 0.25) is 0 Å². The van der Waals surface area contributed by atoms with Crippen LogP contribution < -0.4 is 10.1 Å². The number of benzene rings is 3. The SMILES string of the molecule is CCOC(=O)Cc1ccc(OC)c(-c2ccc(C(F)(F)F)cc2CN(CC)C(=O)NCc2cccc(C)c2)c1. The zero-order valence-electron chi connectivity index (χ0n) is 22.5. The minimum Gasteiger partial charge on any atom is -0.496 e. The third kappa shape index (κ3) is 7.99. The van der Waals surface area contributed by atoms with Crippen LogP contribution in [0.3, 0.4) is 0 Å². The highest BCUT2D eigenvalue weighted by Gasteiger charge is 2.31. The van der Waals surface area contributed by atoms with Gasteiger partial charge in [0.05, 0.1) is 25.7 Å². The predicted molar refractivity (Wildman–Crippen MR) is 143 cm³/mol. The summed E-state index contributed by atoms with van der Waals surface area (Å²) in [5.74, 6) is 0.0132. The van der Waals surface area contributed by atoms with Crippen molar-refractivity contribution in [1.82, 2.24) is 10.2 Å². The number of aryl methyl sites for hydroxylation is 1. The molecule has 0 saturated heterocycles. The van der Waals surface area contributed by atoms with Gasteiger partial charge in [-0.15, -0.1) is 0 Å². The van der Waals surface area contributed by atoms with Crippen LogP contribution in [0.1, 0.15) is 41.7 Å². The van der Waals surface area contributed by atoms with Gasteiger partial charge in [-0.2, -0.15) is 13.2 Å². The number of halogens is 3. The van der Waals surface area contributed by atoms with E-state index >= 15 is 0 Å². The van der Waals surface area contributed by atoms with Crippen LogP contribution in [0, 0.1) is 6.92 Å². The molecular weight excluding hydrogens is 509 g/mol. The number of carbonyl (C=O) groups is 2. The smallest absolute Gasteiger partial charge is 0.416 e.